The summed E-state index contributed by atoms with van der Waals surface area (Å²) in [5.74, 6) is 0.412. The first kappa shape index (κ1) is 14.2. The van der Waals surface area contributed by atoms with Crippen molar-refractivity contribution in [3.8, 4) is 0 Å². The molecule has 2 nitrogen and oxygen atoms in total. The SMILES string of the molecule is CCc1cccc(N2CC(c3cccc(Cl)c3)CC2=O)c1. The molecule has 1 aliphatic heterocycles. The lowest BCUT2D eigenvalue weighted by Gasteiger charge is -2.18. The zero-order chi connectivity index (χ0) is 14.8. The third kappa shape index (κ3) is 2.96. The molecule has 108 valence electrons. The molecule has 1 saturated heterocycles. The maximum absolute atomic E-state index is 12.3. The van der Waals surface area contributed by atoms with Crippen LogP contribution in [0.3, 0.4) is 0 Å². The van der Waals surface area contributed by atoms with Crippen LogP contribution in [0.5, 0.6) is 0 Å². The highest BCUT2D eigenvalue weighted by Gasteiger charge is 2.31. The molecule has 1 fully saturated rings. The van der Waals surface area contributed by atoms with Crippen LogP contribution in [0.2, 0.25) is 5.02 Å². The van der Waals surface area contributed by atoms with E-state index in [4.69, 9.17) is 11.6 Å². The Morgan fingerprint density at radius 2 is 2.00 bits per heavy atom. The molecule has 21 heavy (non-hydrogen) atoms. The second-order valence-electron chi connectivity index (χ2n) is 5.48. The van der Waals surface area contributed by atoms with Crippen molar-refractivity contribution in [2.75, 3.05) is 11.4 Å². The fraction of sp³-hybridized carbons (Fsp3) is 0.278. The van der Waals surface area contributed by atoms with Crippen molar-refractivity contribution >= 4 is 23.2 Å². The predicted octanol–water partition coefficient (Wildman–Crippen LogP) is 4.42. The lowest BCUT2D eigenvalue weighted by atomic mass is 9.98. The first-order valence-corrected chi connectivity index (χ1v) is 7.70. The van der Waals surface area contributed by atoms with Gasteiger partial charge in [0.15, 0.2) is 0 Å². The number of carbonyl (C=O) groups excluding carboxylic acids is 1. The molecule has 3 rings (SSSR count). The van der Waals surface area contributed by atoms with Gasteiger partial charge in [-0.3, -0.25) is 4.79 Å². The van der Waals surface area contributed by atoms with Gasteiger partial charge >= 0.3 is 0 Å². The van der Waals surface area contributed by atoms with E-state index in [-0.39, 0.29) is 11.8 Å². The lowest BCUT2D eigenvalue weighted by Crippen LogP contribution is -2.24. The van der Waals surface area contributed by atoms with E-state index < -0.39 is 0 Å². The minimum atomic E-state index is 0.188. The van der Waals surface area contributed by atoms with Crippen molar-refractivity contribution < 1.29 is 4.79 Å². The zero-order valence-electron chi connectivity index (χ0n) is 12.1. The van der Waals surface area contributed by atoms with Gasteiger partial charge in [0.1, 0.15) is 0 Å². The molecule has 0 bridgehead atoms. The van der Waals surface area contributed by atoms with Gasteiger partial charge in [-0.15, -0.1) is 0 Å². The standard InChI is InChI=1S/C18H18ClNO/c1-2-13-5-3-8-17(9-13)20-12-15(11-18(20)21)14-6-4-7-16(19)10-14/h3-10,15H,2,11-12H2,1H3. The van der Waals surface area contributed by atoms with Gasteiger partial charge in [0.05, 0.1) is 0 Å². The van der Waals surface area contributed by atoms with Crippen LogP contribution < -0.4 is 4.90 Å². The molecule has 1 heterocycles. The van der Waals surface area contributed by atoms with E-state index in [2.05, 4.69) is 25.1 Å². The second kappa shape index (κ2) is 5.90. The Morgan fingerprint density at radius 3 is 2.76 bits per heavy atom. The predicted molar refractivity (Wildman–Crippen MR) is 87.0 cm³/mol. The molecule has 1 aliphatic rings. The summed E-state index contributed by atoms with van der Waals surface area (Å²) in [6.45, 7) is 2.85. The highest BCUT2D eigenvalue weighted by atomic mass is 35.5. The number of hydrogen-bond acceptors (Lipinski definition) is 1. The Morgan fingerprint density at radius 1 is 1.19 bits per heavy atom. The molecule has 2 aromatic rings. The fourth-order valence-electron chi connectivity index (χ4n) is 2.89. The van der Waals surface area contributed by atoms with E-state index >= 15 is 0 Å². The van der Waals surface area contributed by atoms with Crippen molar-refractivity contribution in [1.82, 2.24) is 0 Å². The summed E-state index contributed by atoms with van der Waals surface area (Å²) >= 11 is 6.05. The van der Waals surface area contributed by atoms with Crippen LogP contribution >= 0.6 is 11.6 Å². The normalized spacial score (nSPS) is 18.3. The Hall–Kier alpha value is -1.80. The molecule has 0 spiro atoms. The third-order valence-electron chi connectivity index (χ3n) is 4.08. The number of hydrogen-bond donors (Lipinski definition) is 0. The molecule has 1 atom stereocenters. The number of halogens is 1. The molecule has 1 amide bonds. The summed E-state index contributed by atoms with van der Waals surface area (Å²) in [6.07, 6.45) is 1.53. The molecular formula is C18H18ClNO. The van der Waals surface area contributed by atoms with Crippen molar-refractivity contribution in [2.24, 2.45) is 0 Å². The molecule has 0 aromatic heterocycles. The summed E-state index contributed by atoms with van der Waals surface area (Å²) in [4.78, 5) is 14.2. The maximum Gasteiger partial charge on any atom is 0.227 e. The maximum atomic E-state index is 12.3. The molecule has 0 saturated carbocycles. The van der Waals surface area contributed by atoms with Crippen molar-refractivity contribution in [3.63, 3.8) is 0 Å². The van der Waals surface area contributed by atoms with Crippen LogP contribution in [0.4, 0.5) is 5.69 Å². The Kier molecular flexibility index (Phi) is 3.98. The topological polar surface area (TPSA) is 20.3 Å². The van der Waals surface area contributed by atoms with Crippen LogP contribution in [-0.2, 0) is 11.2 Å². The molecule has 0 aliphatic carbocycles. The molecule has 1 unspecified atom stereocenters. The van der Waals surface area contributed by atoms with Crippen LogP contribution in [-0.4, -0.2) is 12.5 Å². The van der Waals surface area contributed by atoms with Gasteiger partial charge < -0.3 is 4.90 Å². The van der Waals surface area contributed by atoms with Crippen molar-refractivity contribution in [1.29, 1.82) is 0 Å². The van der Waals surface area contributed by atoms with Gasteiger partial charge in [-0.25, -0.2) is 0 Å². The van der Waals surface area contributed by atoms with Crippen molar-refractivity contribution in [2.45, 2.75) is 25.7 Å². The summed E-state index contributed by atoms with van der Waals surface area (Å²) < 4.78 is 0. The second-order valence-corrected chi connectivity index (χ2v) is 5.92. The van der Waals surface area contributed by atoms with E-state index in [1.54, 1.807) is 0 Å². The summed E-state index contributed by atoms with van der Waals surface area (Å²) in [7, 11) is 0. The summed E-state index contributed by atoms with van der Waals surface area (Å²) in [5.41, 5.74) is 3.40. The molecule has 3 heteroatoms. The highest BCUT2D eigenvalue weighted by Crippen LogP contribution is 2.33. The van der Waals surface area contributed by atoms with Crippen molar-refractivity contribution in [3.05, 3.63) is 64.7 Å². The lowest BCUT2D eigenvalue weighted by molar-refractivity contribution is -0.117. The van der Waals surface area contributed by atoms with E-state index in [0.717, 1.165) is 29.2 Å². The minimum Gasteiger partial charge on any atom is -0.312 e. The van der Waals surface area contributed by atoms with E-state index in [1.165, 1.54) is 5.56 Å². The van der Waals surface area contributed by atoms with Crippen LogP contribution in [0.15, 0.2) is 48.5 Å². The number of anilines is 1. The zero-order valence-corrected chi connectivity index (χ0v) is 12.8. The van der Waals surface area contributed by atoms with E-state index in [0.29, 0.717) is 6.42 Å². The molecular weight excluding hydrogens is 282 g/mol. The average Bonchev–Trinajstić information content (AvgIpc) is 2.89. The number of aryl methyl sites for hydroxylation is 1. The van der Waals surface area contributed by atoms with Crippen LogP contribution in [0.1, 0.15) is 30.4 Å². The van der Waals surface area contributed by atoms with Gasteiger partial charge in [-0.1, -0.05) is 42.8 Å². The van der Waals surface area contributed by atoms with Crippen LogP contribution in [0, 0.1) is 0 Å². The average molecular weight is 300 g/mol. The monoisotopic (exact) mass is 299 g/mol. The molecule has 0 N–H and O–H groups in total. The number of amides is 1. The van der Waals surface area contributed by atoms with E-state index in [9.17, 15) is 4.79 Å². The number of rotatable bonds is 3. The number of carbonyl (C=O) groups is 1. The molecule has 0 radical (unpaired) electrons. The van der Waals surface area contributed by atoms with Gasteiger partial charge in [0, 0.05) is 29.6 Å². The first-order valence-electron chi connectivity index (χ1n) is 7.32. The first-order chi connectivity index (χ1) is 10.2. The Labute approximate surface area is 130 Å². The summed E-state index contributed by atoms with van der Waals surface area (Å²) in [5, 5.41) is 0.728. The quantitative estimate of drug-likeness (QED) is 0.821. The Bertz CT molecular complexity index is 668. The number of benzene rings is 2. The van der Waals surface area contributed by atoms with Crippen LogP contribution in [0.25, 0.3) is 0 Å². The Balaban J connectivity index is 1.84. The third-order valence-corrected chi connectivity index (χ3v) is 4.31. The molecule has 2 aromatic carbocycles. The number of nitrogens with zero attached hydrogens (tertiary/aromatic N) is 1. The van der Waals surface area contributed by atoms with Gasteiger partial charge in [-0.05, 0) is 41.8 Å². The fourth-order valence-corrected chi connectivity index (χ4v) is 3.08. The smallest absolute Gasteiger partial charge is 0.227 e. The van der Waals surface area contributed by atoms with Gasteiger partial charge in [0.2, 0.25) is 5.91 Å². The van der Waals surface area contributed by atoms with Gasteiger partial charge in [0.25, 0.3) is 0 Å². The van der Waals surface area contributed by atoms with Gasteiger partial charge in [-0.2, -0.15) is 0 Å². The highest BCUT2D eigenvalue weighted by molar-refractivity contribution is 6.30. The largest absolute Gasteiger partial charge is 0.312 e. The van der Waals surface area contributed by atoms with E-state index in [1.807, 2.05) is 35.2 Å². The summed E-state index contributed by atoms with van der Waals surface area (Å²) in [6, 6.07) is 16.1. The minimum absolute atomic E-state index is 0.188.